The molecule has 0 aliphatic rings. The van der Waals surface area contributed by atoms with Crippen molar-refractivity contribution < 1.29 is 14.7 Å². The molecule has 13 heavy (non-hydrogen) atoms. The summed E-state index contributed by atoms with van der Waals surface area (Å²) in [4.78, 5) is 21.5. The van der Waals surface area contributed by atoms with Crippen molar-refractivity contribution in [2.45, 2.75) is 13.0 Å². The fourth-order valence-corrected chi connectivity index (χ4v) is 1.01. The van der Waals surface area contributed by atoms with Gasteiger partial charge in [-0.1, -0.05) is 0 Å². The predicted octanol–water partition coefficient (Wildman–Crippen LogP) is -0.259. The molecule has 0 spiro atoms. The number of carbonyl (C=O) groups excluding carboxylic acids is 1. The van der Waals surface area contributed by atoms with Gasteiger partial charge in [0.2, 0.25) is 0 Å². The number of carboxylic acid groups (broad SMARTS) is 1. The van der Waals surface area contributed by atoms with E-state index in [0.717, 1.165) is 11.7 Å². The van der Waals surface area contributed by atoms with Gasteiger partial charge in [-0.3, -0.25) is 9.59 Å². The molecule has 1 amide bonds. The predicted molar refractivity (Wildman–Crippen MR) is 44.5 cm³/mol. The fraction of sp³-hybridized carbons (Fsp3) is 0.333. The van der Waals surface area contributed by atoms with Crippen LogP contribution in [0.3, 0.4) is 0 Å². The van der Waals surface area contributed by atoms with Crippen LogP contribution in [0.5, 0.6) is 0 Å². The van der Waals surface area contributed by atoms with Crippen molar-refractivity contribution in [2.24, 2.45) is 0 Å². The number of amides is 1. The third-order valence-electron chi connectivity index (χ3n) is 1.31. The molecule has 7 heteroatoms. The Morgan fingerprint density at radius 1 is 1.69 bits per heavy atom. The van der Waals surface area contributed by atoms with Gasteiger partial charge >= 0.3 is 5.97 Å². The van der Waals surface area contributed by atoms with Gasteiger partial charge < -0.3 is 10.4 Å². The zero-order chi connectivity index (χ0) is 9.84. The molecule has 0 bridgehead atoms. The van der Waals surface area contributed by atoms with Gasteiger partial charge in [0.25, 0.3) is 5.91 Å². The van der Waals surface area contributed by atoms with E-state index >= 15 is 0 Å². The van der Waals surface area contributed by atoms with Crippen molar-refractivity contribution in [3.8, 4) is 0 Å². The first-order valence-electron chi connectivity index (χ1n) is 3.42. The summed E-state index contributed by atoms with van der Waals surface area (Å²) in [5.41, 5.74) is 0.137. The lowest BCUT2D eigenvalue weighted by Crippen LogP contribution is -2.38. The summed E-state index contributed by atoms with van der Waals surface area (Å²) in [6.07, 6.45) is 1.29. The Kier molecular flexibility index (Phi) is 2.91. The van der Waals surface area contributed by atoms with Crippen LogP contribution in [0, 0.1) is 0 Å². The third kappa shape index (κ3) is 2.48. The number of aliphatic carboxylic acids is 1. The van der Waals surface area contributed by atoms with Crippen LogP contribution in [-0.2, 0) is 4.79 Å². The van der Waals surface area contributed by atoms with E-state index in [1.165, 1.54) is 13.1 Å². The average Bonchev–Trinajstić information content (AvgIpc) is 2.55. The standard InChI is InChI=1S/C6H7N3O3S/c1-3(6(11)12)8-5(10)4-2-7-13-9-4/h2-3H,1H3,(H,8,10)(H,11,12)/t3-/m1/s1. The highest BCUT2D eigenvalue weighted by atomic mass is 32.1. The Morgan fingerprint density at radius 3 is 2.85 bits per heavy atom. The van der Waals surface area contributed by atoms with Crippen LogP contribution in [0.1, 0.15) is 17.4 Å². The lowest BCUT2D eigenvalue weighted by Gasteiger charge is -2.06. The summed E-state index contributed by atoms with van der Waals surface area (Å²) >= 11 is 0.895. The number of hydrogen-bond acceptors (Lipinski definition) is 5. The van der Waals surface area contributed by atoms with Crippen molar-refractivity contribution in [3.63, 3.8) is 0 Å². The SMILES string of the molecule is C[C@@H](NC(=O)c1cnsn1)C(=O)O. The molecule has 0 saturated carbocycles. The number of carbonyl (C=O) groups is 2. The van der Waals surface area contributed by atoms with E-state index in [-0.39, 0.29) is 5.69 Å². The highest BCUT2D eigenvalue weighted by Gasteiger charge is 2.16. The van der Waals surface area contributed by atoms with Crippen LogP contribution in [-0.4, -0.2) is 31.8 Å². The van der Waals surface area contributed by atoms with Crippen LogP contribution in [0.15, 0.2) is 6.20 Å². The maximum Gasteiger partial charge on any atom is 0.325 e. The van der Waals surface area contributed by atoms with E-state index in [2.05, 4.69) is 14.1 Å². The molecule has 0 aliphatic heterocycles. The Bertz CT molecular complexity index is 311. The van der Waals surface area contributed by atoms with Gasteiger partial charge in [-0.25, -0.2) is 0 Å². The summed E-state index contributed by atoms with van der Waals surface area (Å²) in [5, 5.41) is 10.7. The maximum atomic E-state index is 11.2. The van der Waals surface area contributed by atoms with Gasteiger partial charge in [-0.05, 0) is 6.92 Å². The summed E-state index contributed by atoms with van der Waals surface area (Å²) in [6.45, 7) is 1.38. The number of nitrogens with zero attached hydrogens (tertiary/aromatic N) is 2. The number of carboxylic acids is 1. The van der Waals surface area contributed by atoms with E-state index in [1.54, 1.807) is 0 Å². The quantitative estimate of drug-likeness (QED) is 0.703. The van der Waals surface area contributed by atoms with Gasteiger partial charge in [0.15, 0.2) is 5.69 Å². The van der Waals surface area contributed by atoms with Crippen LogP contribution in [0.2, 0.25) is 0 Å². The molecule has 0 radical (unpaired) electrons. The summed E-state index contributed by atoms with van der Waals surface area (Å²) in [7, 11) is 0. The monoisotopic (exact) mass is 201 g/mol. The fourth-order valence-electron chi connectivity index (χ4n) is 0.597. The number of rotatable bonds is 3. The second kappa shape index (κ2) is 3.94. The van der Waals surface area contributed by atoms with Gasteiger partial charge in [0, 0.05) is 0 Å². The largest absolute Gasteiger partial charge is 0.480 e. The highest BCUT2D eigenvalue weighted by Crippen LogP contribution is 1.95. The lowest BCUT2D eigenvalue weighted by atomic mass is 10.3. The molecular weight excluding hydrogens is 194 g/mol. The molecular formula is C6H7N3O3S. The first kappa shape index (κ1) is 9.59. The van der Waals surface area contributed by atoms with Gasteiger partial charge in [-0.2, -0.15) is 8.75 Å². The van der Waals surface area contributed by atoms with Crippen LogP contribution >= 0.6 is 11.7 Å². The van der Waals surface area contributed by atoms with Crippen LogP contribution in [0.25, 0.3) is 0 Å². The molecule has 1 aromatic heterocycles. The van der Waals surface area contributed by atoms with Crippen molar-refractivity contribution in [1.29, 1.82) is 0 Å². The number of aromatic nitrogens is 2. The molecule has 1 aromatic rings. The second-order valence-corrected chi connectivity index (χ2v) is 2.88. The first-order chi connectivity index (χ1) is 6.11. The molecule has 0 aliphatic carbocycles. The minimum absolute atomic E-state index is 0.137. The molecule has 0 saturated heterocycles. The summed E-state index contributed by atoms with van der Waals surface area (Å²) in [6, 6.07) is -0.922. The van der Waals surface area contributed by atoms with E-state index in [0.29, 0.717) is 0 Å². The van der Waals surface area contributed by atoms with Gasteiger partial charge in [-0.15, -0.1) is 0 Å². The number of nitrogens with one attached hydrogen (secondary N) is 1. The number of hydrogen-bond donors (Lipinski definition) is 2. The smallest absolute Gasteiger partial charge is 0.325 e. The minimum Gasteiger partial charge on any atom is -0.480 e. The zero-order valence-corrected chi connectivity index (χ0v) is 7.54. The Hall–Kier alpha value is -1.50. The Labute approximate surface area is 77.9 Å². The van der Waals surface area contributed by atoms with E-state index in [1.807, 2.05) is 0 Å². The molecule has 0 unspecified atom stereocenters. The van der Waals surface area contributed by atoms with Crippen LogP contribution in [0.4, 0.5) is 0 Å². The molecule has 1 heterocycles. The molecule has 2 N–H and O–H groups in total. The molecule has 0 fully saturated rings. The molecule has 1 rings (SSSR count). The zero-order valence-electron chi connectivity index (χ0n) is 6.72. The Balaban J connectivity index is 2.56. The topological polar surface area (TPSA) is 92.2 Å². The molecule has 0 aromatic carbocycles. The van der Waals surface area contributed by atoms with Crippen molar-refractivity contribution >= 4 is 23.6 Å². The molecule has 70 valence electrons. The Morgan fingerprint density at radius 2 is 2.38 bits per heavy atom. The van der Waals surface area contributed by atoms with Crippen LogP contribution < -0.4 is 5.32 Å². The van der Waals surface area contributed by atoms with E-state index in [9.17, 15) is 9.59 Å². The van der Waals surface area contributed by atoms with Crippen molar-refractivity contribution in [2.75, 3.05) is 0 Å². The lowest BCUT2D eigenvalue weighted by molar-refractivity contribution is -0.138. The van der Waals surface area contributed by atoms with Gasteiger partial charge in [0.1, 0.15) is 6.04 Å². The molecule has 1 atom stereocenters. The van der Waals surface area contributed by atoms with Crippen molar-refractivity contribution in [3.05, 3.63) is 11.9 Å². The molecule has 6 nitrogen and oxygen atoms in total. The summed E-state index contributed by atoms with van der Waals surface area (Å²) < 4.78 is 7.27. The minimum atomic E-state index is -1.09. The van der Waals surface area contributed by atoms with Crippen molar-refractivity contribution in [1.82, 2.24) is 14.1 Å². The highest BCUT2D eigenvalue weighted by molar-refractivity contribution is 6.99. The first-order valence-corrected chi connectivity index (χ1v) is 4.15. The maximum absolute atomic E-state index is 11.2. The second-order valence-electron chi connectivity index (χ2n) is 2.33. The normalized spacial score (nSPS) is 12.1. The summed E-state index contributed by atoms with van der Waals surface area (Å²) in [5.74, 6) is -1.61. The van der Waals surface area contributed by atoms with E-state index < -0.39 is 17.9 Å². The van der Waals surface area contributed by atoms with E-state index in [4.69, 9.17) is 5.11 Å². The third-order valence-corrected chi connectivity index (χ3v) is 1.79. The average molecular weight is 201 g/mol. The van der Waals surface area contributed by atoms with Gasteiger partial charge in [0.05, 0.1) is 17.9 Å².